The Hall–Kier alpha value is -1.85. The van der Waals surface area contributed by atoms with Crippen LogP contribution in [0.1, 0.15) is 39.9 Å². The highest BCUT2D eigenvalue weighted by molar-refractivity contribution is 5.76. The highest BCUT2D eigenvalue weighted by Gasteiger charge is 2.09. The minimum atomic E-state index is 0.171. The van der Waals surface area contributed by atoms with Gasteiger partial charge in [0.15, 0.2) is 0 Å². The molecule has 0 spiro atoms. The molecule has 0 atom stereocenters. The fraction of sp³-hybridized carbons (Fsp3) is 0.667. The second-order valence-electron chi connectivity index (χ2n) is 4.68. The molecule has 0 aliphatic rings. The van der Waals surface area contributed by atoms with E-state index in [1.54, 1.807) is 0 Å². The van der Waals surface area contributed by atoms with Gasteiger partial charge < -0.3 is 15.5 Å². The molecule has 0 saturated carbocycles. The van der Waals surface area contributed by atoms with Crippen LogP contribution in [-0.2, 0) is 11.2 Å². The Balaban J connectivity index is 2.58. The van der Waals surface area contributed by atoms with Crippen molar-refractivity contribution >= 4 is 17.5 Å². The Kier molecular flexibility index (Phi) is 7.50. The predicted molar refractivity (Wildman–Crippen MR) is 86.6 cm³/mol. The summed E-state index contributed by atoms with van der Waals surface area (Å²) in [6.07, 6.45) is 1.26. The molecule has 6 heteroatoms. The standard InChI is InChI=1S/C15H27N5O/c1-5-12-18-13(16-6-2)11-14(19-12)17-10-9-15(21)20(7-3)8-4/h11H,5-10H2,1-4H3,(H2,16,17,18,19). The molecule has 0 unspecified atom stereocenters. The van der Waals surface area contributed by atoms with Gasteiger partial charge in [-0.3, -0.25) is 4.79 Å². The molecule has 118 valence electrons. The largest absolute Gasteiger partial charge is 0.370 e. The minimum Gasteiger partial charge on any atom is -0.370 e. The highest BCUT2D eigenvalue weighted by atomic mass is 16.2. The monoisotopic (exact) mass is 293 g/mol. The number of rotatable bonds is 9. The molecule has 1 rings (SSSR count). The van der Waals surface area contributed by atoms with E-state index in [0.717, 1.165) is 43.5 Å². The normalized spacial score (nSPS) is 10.3. The average Bonchev–Trinajstić information content (AvgIpc) is 2.48. The van der Waals surface area contributed by atoms with Crippen molar-refractivity contribution in [1.29, 1.82) is 0 Å². The van der Waals surface area contributed by atoms with Crippen molar-refractivity contribution in [3.8, 4) is 0 Å². The maximum atomic E-state index is 11.9. The second kappa shape index (κ2) is 9.15. The van der Waals surface area contributed by atoms with E-state index in [1.807, 2.05) is 38.7 Å². The van der Waals surface area contributed by atoms with Crippen LogP contribution in [-0.4, -0.2) is 47.0 Å². The van der Waals surface area contributed by atoms with Gasteiger partial charge in [-0.15, -0.1) is 0 Å². The highest BCUT2D eigenvalue weighted by Crippen LogP contribution is 2.11. The van der Waals surface area contributed by atoms with Crippen LogP contribution in [0.15, 0.2) is 6.07 Å². The summed E-state index contributed by atoms with van der Waals surface area (Å²) in [5, 5.41) is 6.41. The van der Waals surface area contributed by atoms with Crippen LogP contribution in [0.5, 0.6) is 0 Å². The van der Waals surface area contributed by atoms with Gasteiger partial charge in [-0.1, -0.05) is 6.92 Å². The summed E-state index contributed by atoms with van der Waals surface area (Å²) < 4.78 is 0. The molecule has 2 N–H and O–H groups in total. The number of carbonyl (C=O) groups excluding carboxylic acids is 1. The van der Waals surface area contributed by atoms with Crippen molar-refractivity contribution in [2.75, 3.05) is 36.8 Å². The van der Waals surface area contributed by atoms with Crippen LogP contribution in [0.3, 0.4) is 0 Å². The number of aryl methyl sites for hydroxylation is 1. The third-order valence-electron chi connectivity index (χ3n) is 3.21. The van der Waals surface area contributed by atoms with Crippen LogP contribution in [0.2, 0.25) is 0 Å². The molecule has 0 aliphatic carbocycles. The maximum Gasteiger partial charge on any atom is 0.224 e. The number of nitrogens with zero attached hydrogens (tertiary/aromatic N) is 3. The Labute approximate surface area is 127 Å². The van der Waals surface area contributed by atoms with Gasteiger partial charge in [-0.2, -0.15) is 0 Å². The van der Waals surface area contributed by atoms with Crippen LogP contribution in [0.4, 0.5) is 11.6 Å². The molecule has 0 saturated heterocycles. The van der Waals surface area contributed by atoms with Crippen LogP contribution < -0.4 is 10.6 Å². The lowest BCUT2D eigenvalue weighted by molar-refractivity contribution is -0.130. The molecule has 1 amide bonds. The summed E-state index contributed by atoms with van der Waals surface area (Å²) in [6.45, 7) is 11.0. The third-order valence-corrected chi connectivity index (χ3v) is 3.21. The van der Waals surface area contributed by atoms with Gasteiger partial charge in [0, 0.05) is 45.1 Å². The molecule has 0 radical (unpaired) electrons. The Bertz CT molecular complexity index is 446. The van der Waals surface area contributed by atoms with E-state index in [4.69, 9.17) is 0 Å². The van der Waals surface area contributed by atoms with Gasteiger partial charge in [0.2, 0.25) is 5.91 Å². The fourth-order valence-corrected chi connectivity index (χ4v) is 2.05. The zero-order valence-electron chi connectivity index (χ0n) is 13.6. The number of amides is 1. The number of aromatic nitrogens is 2. The van der Waals surface area contributed by atoms with E-state index in [9.17, 15) is 4.79 Å². The molecular formula is C15H27N5O. The van der Waals surface area contributed by atoms with Crippen LogP contribution in [0, 0.1) is 0 Å². The lowest BCUT2D eigenvalue weighted by atomic mass is 10.3. The van der Waals surface area contributed by atoms with Crippen LogP contribution in [0.25, 0.3) is 0 Å². The van der Waals surface area contributed by atoms with E-state index in [2.05, 4.69) is 20.6 Å². The SMILES string of the molecule is CCNc1cc(NCCC(=O)N(CC)CC)nc(CC)n1. The zero-order chi connectivity index (χ0) is 15.7. The van der Waals surface area contributed by atoms with Gasteiger partial charge in [0.25, 0.3) is 0 Å². The zero-order valence-corrected chi connectivity index (χ0v) is 13.6. The summed E-state index contributed by atoms with van der Waals surface area (Å²) in [6, 6.07) is 1.88. The van der Waals surface area contributed by atoms with E-state index in [1.165, 1.54) is 0 Å². The second-order valence-corrected chi connectivity index (χ2v) is 4.68. The molecule has 6 nitrogen and oxygen atoms in total. The first kappa shape index (κ1) is 17.2. The van der Waals surface area contributed by atoms with Gasteiger partial charge in [0.05, 0.1) is 0 Å². The van der Waals surface area contributed by atoms with Crippen molar-refractivity contribution < 1.29 is 4.79 Å². The Morgan fingerprint density at radius 3 is 2.24 bits per heavy atom. The number of nitrogens with one attached hydrogen (secondary N) is 2. The summed E-state index contributed by atoms with van der Waals surface area (Å²) in [7, 11) is 0. The average molecular weight is 293 g/mol. The van der Waals surface area contributed by atoms with Crippen molar-refractivity contribution in [1.82, 2.24) is 14.9 Å². The Morgan fingerprint density at radius 2 is 1.71 bits per heavy atom. The van der Waals surface area contributed by atoms with Gasteiger partial charge in [0.1, 0.15) is 17.5 Å². The molecule has 0 bridgehead atoms. The Morgan fingerprint density at radius 1 is 1.10 bits per heavy atom. The lowest BCUT2D eigenvalue weighted by Crippen LogP contribution is -2.31. The first-order chi connectivity index (χ1) is 10.1. The molecule has 0 fully saturated rings. The smallest absolute Gasteiger partial charge is 0.224 e. The maximum absolute atomic E-state index is 11.9. The molecule has 21 heavy (non-hydrogen) atoms. The summed E-state index contributed by atoms with van der Waals surface area (Å²) in [4.78, 5) is 22.6. The molecular weight excluding hydrogens is 266 g/mol. The molecule has 1 aromatic heterocycles. The summed E-state index contributed by atoms with van der Waals surface area (Å²) in [5.74, 6) is 2.56. The molecule has 1 aromatic rings. The van der Waals surface area contributed by atoms with Crippen LogP contribution >= 0.6 is 0 Å². The summed E-state index contributed by atoms with van der Waals surface area (Å²) in [5.41, 5.74) is 0. The number of hydrogen-bond acceptors (Lipinski definition) is 5. The number of hydrogen-bond donors (Lipinski definition) is 2. The summed E-state index contributed by atoms with van der Waals surface area (Å²) >= 11 is 0. The van der Waals surface area contributed by atoms with Gasteiger partial charge >= 0.3 is 0 Å². The van der Waals surface area contributed by atoms with Gasteiger partial charge in [-0.05, 0) is 20.8 Å². The van der Waals surface area contributed by atoms with Crippen molar-refractivity contribution in [2.45, 2.75) is 40.5 Å². The van der Waals surface area contributed by atoms with E-state index < -0.39 is 0 Å². The number of anilines is 2. The predicted octanol–water partition coefficient (Wildman–Crippen LogP) is 2.14. The van der Waals surface area contributed by atoms with Crippen molar-refractivity contribution in [2.24, 2.45) is 0 Å². The first-order valence-corrected chi connectivity index (χ1v) is 7.77. The van der Waals surface area contributed by atoms with E-state index >= 15 is 0 Å². The quantitative estimate of drug-likeness (QED) is 0.730. The van der Waals surface area contributed by atoms with Crippen molar-refractivity contribution in [3.05, 3.63) is 11.9 Å². The van der Waals surface area contributed by atoms with E-state index in [0.29, 0.717) is 13.0 Å². The molecule has 1 heterocycles. The number of carbonyl (C=O) groups is 1. The van der Waals surface area contributed by atoms with Crippen molar-refractivity contribution in [3.63, 3.8) is 0 Å². The topological polar surface area (TPSA) is 70.2 Å². The van der Waals surface area contributed by atoms with Gasteiger partial charge in [-0.25, -0.2) is 9.97 Å². The molecule has 0 aliphatic heterocycles. The van der Waals surface area contributed by atoms with E-state index in [-0.39, 0.29) is 5.91 Å². The first-order valence-electron chi connectivity index (χ1n) is 7.77. The minimum absolute atomic E-state index is 0.171. The third kappa shape index (κ3) is 5.57. The molecule has 0 aromatic carbocycles. The fourth-order valence-electron chi connectivity index (χ4n) is 2.05. The lowest BCUT2D eigenvalue weighted by Gasteiger charge is -2.18.